The Balaban J connectivity index is -0.000000101. The lowest BCUT2D eigenvalue weighted by Gasteiger charge is -1.93. The molecule has 0 unspecified atom stereocenters. The third-order valence-corrected chi connectivity index (χ3v) is 13.4. The van der Waals surface area contributed by atoms with Crippen LogP contribution in [-0.4, -0.2) is 19.1 Å². The van der Waals surface area contributed by atoms with E-state index in [1.54, 1.807) is 70.7 Å². The Morgan fingerprint density at radius 2 is 0.549 bits per heavy atom. The number of furan rings is 2. The number of hydrogen-bond donors (Lipinski definition) is 0. The summed E-state index contributed by atoms with van der Waals surface area (Å²) in [5.74, 6) is 3.83. The summed E-state index contributed by atoms with van der Waals surface area (Å²) >= 11 is 6.72. The van der Waals surface area contributed by atoms with Crippen molar-refractivity contribution in [3.8, 4) is 0 Å². The summed E-state index contributed by atoms with van der Waals surface area (Å²) < 4.78 is 27.3. The van der Waals surface area contributed by atoms with Gasteiger partial charge in [-0.05, 0) is 227 Å². The van der Waals surface area contributed by atoms with Crippen molar-refractivity contribution in [1.29, 1.82) is 0 Å². The van der Waals surface area contributed by atoms with Crippen molar-refractivity contribution in [1.82, 2.24) is 19.1 Å². The van der Waals surface area contributed by atoms with E-state index in [0.29, 0.717) is 0 Å². The van der Waals surface area contributed by atoms with Gasteiger partial charge in [-0.25, -0.2) is 8.75 Å². The lowest BCUT2D eigenvalue weighted by Crippen LogP contribution is -1.74. The van der Waals surface area contributed by atoms with Crippen molar-refractivity contribution in [3.63, 3.8) is 0 Å². The van der Waals surface area contributed by atoms with E-state index in [2.05, 4.69) is 135 Å². The van der Waals surface area contributed by atoms with Gasteiger partial charge in [0.05, 0.1) is 24.9 Å². The molecular weight excluding hydrogens is 1090 g/mol. The van der Waals surface area contributed by atoms with Crippen LogP contribution in [0.1, 0.15) is 223 Å². The predicted octanol–water partition coefficient (Wildman–Crippen LogP) is 26.2. The van der Waals surface area contributed by atoms with Gasteiger partial charge < -0.3 is 17.9 Å². The van der Waals surface area contributed by atoms with E-state index in [1.165, 1.54) is 64.0 Å². The molecule has 9 rings (SSSR count). The lowest BCUT2D eigenvalue weighted by molar-refractivity contribution is 0.396. The van der Waals surface area contributed by atoms with Crippen LogP contribution >= 0.6 is 45.7 Å². The quantitative estimate of drug-likeness (QED) is 0.148. The van der Waals surface area contributed by atoms with Gasteiger partial charge in [0.25, 0.3) is 0 Å². The Labute approximate surface area is 523 Å². The molecule has 472 valence electrons. The normalized spacial score (nSPS) is 8.00. The highest BCUT2D eigenvalue weighted by Gasteiger charge is 1.94. The first-order chi connectivity index (χ1) is 39.2. The summed E-state index contributed by atoms with van der Waals surface area (Å²) in [6, 6.07) is 16.5. The van der Waals surface area contributed by atoms with Gasteiger partial charge in [0, 0.05) is 43.0 Å². The Morgan fingerprint density at radius 3 is 0.622 bits per heavy atom. The Bertz CT molecular complexity index is 1930. The maximum absolute atomic E-state index is 4.96. The van der Waals surface area contributed by atoms with Crippen LogP contribution < -0.4 is 0 Å². The van der Waals surface area contributed by atoms with Crippen LogP contribution in [0.25, 0.3) is 0 Å². The summed E-state index contributed by atoms with van der Waals surface area (Å²) in [7, 11) is 0. The van der Waals surface area contributed by atoms with Crippen LogP contribution in [0.3, 0.4) is 0 Å². The van der Waals surface area contributed by atoms with Gasteiger partial charge in [-0.1, -0.05) is 159 Å². The molecule has 0 aliphatic carbocycles. The molecule has 82 heavy (non-hydrogen) atoms. The number of aryl methyl sites for hydroxylation is 18. The monoisotopic (exact) mass is 1210 g/mol. The molecule has 8 heterocycles. The maximum atomic E-state index is 4.96. The summed E-state index contributed by atoms with van der Waals surface area (Å²) in [6.07, 6.45) is 10.6. The van der Waals surface area contributed by atoms with Gasteiger partial charge in [0.15, 0.2) is 0 Å². The molecule has 1 aromatic carbocycles. The minimum Gasteiger partial charge on any atom is -0.469 e. The molecule has 0 atom stereocenters. The van der Waals surface area contributed by atoms with Gasteiger partial charge in [-0.15, -0.1) is 22.7 Å². The molecule has 8 nitrogen and oxygen atoms in total. The average molecular weight is 1210 g/mol. The van der Waals surface area contributed by atoms with Crippen LogP contribution in [0.4, 0.5) is 0 Å². The highest BCUT2D eigenvalue weighted by atomic mass is 32.1. The topological polar surface area (TPSA) is 104 Å². The second kappa shape index (κ2) is 72.0. The number of thiophene rings is 2. The second-order valence-corrected chi connectivity index (χ2v) is 19.2. The maximum Gasteiger partial charge on any atom is 0.136 e. The predicted molar refractivity (Wildman–Crippen MR) is 377 cm³/mol. The van der Waals surface area contributed by atoms with Crippen LogP contribution in [0.5, 0.6) is 0 Å². The minimum absolute atomic E-state index is 0.903. The zero-order valence-corrected chi connectivity index (χ0v) is 62.6. The highest BCUT2D eigenvalue weighted by molar-refractivity contribution is 7.10. The van der Waals surface area contributed by atoms with Crippen LogP contribution in [0.2, 0.25) is 0 Å². The average Bonchev–Trinajstić information content (AvgIpc) is 4.46. The van der Waals surface area contributed by atoms with Crippen molar-refractivity contribution in [2.45, 2.75) is 249 Å². The van der Waals surface area contributed by atoms with E-state index >= 15 is 0 Å². The largest absolute Gasteiger partial charge is 0.469 e. The van der Waals surface area contributed by atoms with Crippen LogP contribution in [0, 0.1) is 125 Å². The fourth-order valence-corrected chi connectivity index (χ4v) is 6.44. The summed E-state index contributed by atoms with van der Waals surface area (Å²) in [5, 5.41) is 11.3. The number of hydrogen-bond acceptors (Lipinski definition) is 12. The summed E-state index contributed by atoms with van der Waals surface area (Å²) in [4.78, 5) is 5.50. The Morgan fingerprint density at radius 1 is 0.268 bits per heavy atom. The van der Waals surface area contributed by atoms with Crippen molar-refractivity contribution < 1.29 is 17.9 Å². The summed E-state index contributed by atoms with van der Waals surface area (Å²) in [5.41, 5.74) is 12.8. The van der Waals surface area contributed by atoms with E-state index in [0.717, 1.165) is 34.2 Å². The lowest BCUT2D eigenvalue weighted by atomic mass is 10.1. The molecule has 0 spiro atoms. The first-order valence-electron chi connectivity index (χ1n) is 29.8. The first kappa shape index (κ1) is 96.1. The molecule has 0 bridgehead atoms. The fourth-order valence-electron chi connectivity index (χ4n) is 3.85. The standard InChI is InChI=1S/C8H10.2C6H8O.2C6H8S.2C5H7NO.2C5H7NS.9C2H6/c1-7-5-3-4-6-8(7)2;4*1-5-3-4-7-6(5)2;4*1-4-3-6-7-5(4)2;9*1-2/h3-6H,1-2H3;4*3-4H,1-2H3;4*3H,1-2H3;9*1-2H3. The van der Waals surface area contributed by atoms with Crippen molar-refractivity contribution >= 4 is 45.7 Å². The van der Waals surface area contributed by atoms with Gasteiger partial charge in [0.1, 0.15) is 23.0 Å². The Kier molecular flexibility index (Phi) is 84.3. The third-order valence-electron chi connectivity index (χ3n) is 9.86. The van der Waals surface area contributed by atoms with Crippen molar-refractivity contribution in [2.75, 3.05) is 0 Å². The first-order valence-corrected chi connectivity index (χ1v) is 33.1. The van der Waals surface area contributed by atoms with Crippen LogP contribution in [-0.2, 0) is 0 Å². The van der Waals surface area contributed by atoms with Gasteiger partial charge >= 0.3 is 0 Å². The molecule has 0 saturated heterocycles. The highest BCUT2D eigenvalue weighted by Crippen LogP contribution is 2.13. The van der Waals surface area contributed by atoms with Gasteiger partial charge in [-0.2, -0.15) is 0 Å². The molecule has 9 aromatic rings. The van der Waals surface area contributed by atoms with E-state index in [9.17, 15) is 0 Å². The third kappa shape index (κ3) is 55.4. The molecule has 8 aromatic heterocycles. The van der Waals surface area contributed by atoms with E-state index in [4.69, 9.17) is 17.9 Å². The van der Waals surface area contributed by atoms with Crippen molar-refractivity contribution in [2.24, 2.45) is 0 Å². The van der Waals surface area contributed by atoms with Crippen LogP contribution in [0.15, 0.2) is 114 Å². The zero-order valence-electron chi connectivity index (χ0n) is 59.3. The smallest absolute Gasteiger partial charge is 0.136 e. The minimum atomic E-state index is 0.903. The number of aromatic nitrogens is 4. The molecule has 0 aliphatic heterocycles. The van der Waals surface area contributed by atoms with Crippen molar-refractivity contribution in [3.05, 3.63) is 195 Å². The number of benzene rings is 1. The second-order valence-electron chi connectivity index (χ2n) is 15.0. The molecule has 0 radical (unpaired) electrons. The zero-order chi connectivity index (χ0) is 66.2. The molecule has 0 fully saturated rings. The van der Waals surface area contributed by atoms with Gasteiger partial charge in [0.2, 0.25) is 0 Å². The number of rotatable bonds is 0. The van der Waals surface area contributed by atoms with E-state index in [1.807, 2.05) is 205 Å². The molecule has 12 heteroatoms. The van der Waals surface area contributed by atoms with Gasteiger partial charge in [-0.3, -0.25) is 0 Å². The summed E-state index contributed by atoms with van der Waals surface area (Å²) in [6.45, 7) is 72.7. The Hall–Kier alpha value is -5.14. The van der Waals surface area contributed by atoms with E-state index < -0.39 is 0 Å². The molecule has 0 saturated carbocycles. The molecule has 0 aliphatic rings. The van der Waals surface area contributed by atoms with E-state index in [-0.39, 0.29) is 0 Å². The molecule has 0 N–H and O–H groups in total. The molecule has 0 amide bonds. The number of nitrogens with zero attached hydrogens (tertiary/aromatic N) is 4. The molecular formula is C70H124N4O4S4. The SMILES string of the molecule is CC.CC.CC.CC.CC.CC.CC.CC.CC.Cc1ccccc1C.Cc1ccoc1C.Cc1ccoc1C.Cc1ccsc1C.Cc1ccsc1C.Cc1cnoc1C.Cc1cnoc1C.Cc1cnsc1C.Cc1cnsc1C. The fraction of sp³-hybridized carbons (Fsp3) is 0.514.